The van der Waals surface area contributed by atoms with Crippen LogP contribution in [0.2, 0.25) is 0 Å². The second kappa shape index (κ2) is 8.54. The number of benzene rings is 1. The molecular formula is C18H28ClNO2. The second-order valence-electron chi connectivity index (χ2n) is 6.64. The Bertz CT molecular complexity index is 468. The Morgan fingerprint density at radius 3 is 2.05 bits per heavy atom. The quantitative estimate of drug-likeness (QED) is 0.616. The normalized spacial score (nSPS) is 15.7. The number of esters is 1. The highest BCUT2D eigenvalue weighted by atomic mass is 35.5. The van der Waals surface area contributed by atoms with Crippen molar-refractivity contribution in [2.24, 2.45) is 5.92 Å². The number of hydrogen-bond donors (Lipinski definition) is 1. The summed E-state index contributed by atoms with van der Waals surface area (Å²) in [6.45, 7) is 10.6. The average Bonchev–Trinajstić information content (AvgIpc) is 2.47. The van der Waals surface area contributed by atoms with E-state index in [-0.39, 0.29) is 24.3 Å². The molecule has 2 N–H and O–H groups in total. The predicted molar refractivity (Wildman–Crippen MR) is 84.6 cm³/mol. The van der Waals surface area contributed by atoms with Gasteiger partial charge in [-0.25, -0.2) is 0 Å². The number of nitrogens with two attached hydrogens (primary N) is 1. The van der Waals surface area contributed by atoms with Crippen molar-refractivity contribution in [2.45, 2.75) is 52.4 Å². The summed E-state index contributed by atoms with van der Waals surface area (Å²) in [6.07, 6.45) is 1.86. The molecule has 1 aromatic rings. The third kappa shape index (κ3) is 4.47. The van der Waals surface area contributed by atoms with Crippen molar-refractivity contribution < 1.29 is 27.3 Å². The molecular weight excluding hydrogens is 298 g/mol. The standard InChI is InChI=1S/C18H27NO2.ClH/c1-12(2)15-6-5-7-16(13(3)4)17(15)21-18(20)14-8-10-19-11-9-14;/h5-7,12-14,19H,8-11H2,1-4H3;1H. The van der Waals surface area contributed by atoms with E-state index in [9.17, 15) is 4.79 Å². The van der Waals surface area contributed by atoms with E-state index in [0.29, 0.717) is 11.8 Å². The molecule has 0 spiro atoms. The van der Waals surface area contributed by atoms with Crippen LogP contribution >= 0.6 is 0 Å². The number of piperidine rings is 1. The van der Waals surface area contributed by atoms with Gasteiger partial charge >= 0.3 is 5.97 Å². The summed E-state index contributed by atoms with van der Waals surface area (Å²) in [6, 6.07) is 6.22. The van der Waals surface area contributed by atoms with E-state index in [4.69, 9.17) is 4.74 Å². The first kappa shape index (κ1) is 19.0. The third-order valence-corrected chi connectivity index (χ3v) is 4.29. The van der Waals surface area contributed by atoms with E-state index in [2.05, 4.69) is 51.2 Å². The lowest BCUT2D eigenvalue weighted by Gasteiger charge is -2.23. The van der Waals surface area contributed by atoms with E-state index < -0.39 is 0 Å². The van der Waals surface area contributed by atoms with Crippen molar-refractivity contribution in [1.82, 2.24) is 0 Å². The Kier molecular flexibility index (Phi) is 7.37. The molecule has 0 atom stereocenters. The van der Waals surface area contributed by atoms with Gasteiger partial charge in [-0.1, -0.05) is 45.9 Å². The molecule has 124 valence electrons. The molecule has 4 heteroatoms. The molecule has 0 bridgehead atoms. The molecule has 3 nitrogen and oxygen atoms in total. The molecule has 0 aromatic heterocycles. The zero-order valence-electron chi connectivity index (χ0n) is 14.1. The fraction of sp³-hybridized carbons (Fsp3) is 0.611. The molecule has 1 aliphatic rings. The minimum atomic E-state index is -0.0434. The Morgan fingerprint density at radius 2 is 1.59 bits per heavy atom. The Hall–Kier alpha value is -1.06. The van der Waals surface area contributed by atoms with Gasteiger partial charge in [0.05, 0.1) is 19.0 Å². The maximum Gasteiger partial charge on any atom is 0.314 e. The summed E-state index contributed by atoms with van der Waals surface area (Å²) in [5, 5.41) is 2.27. The summed E-state index contributed by atoms with van der Waals surface area (Å²) in [5.41, 5.74) is 2.27. The monoisotopic (exact) mass is 325 g/mol. The van der Waals surface area contributed by atoms with Crippen LogP contribution in [0, 0.1) is 5.92 Å². The number of carbonyl (C=O) groups excluding carboxylic acids is 1. The van der Waals surface area contributed by atoms with Crippen molar-refractivity contribution in [3.63, 3.8) is 0 Å². The van der Waals surface area contributed by atoms with Gasteiger partial charge in [-0.2, -0.15) is 0 Å². The van der Waals surface area contributed by atoms with Crippen LogP contribution in [0.3, 0.4) is 0 Å². The van der Waals surface area contributed by atoms with Gasteiger partial charge < -0.3 is 22.5 Å². The van der Waals surface area contributed by atoms with Crippen LogP contribution in [0.25, 0.3) is 0 Å². The molecule has 2 rings (SSSR count). The van der Waals surface area contributed by atoms with Gasteiger partial charge in [-0.05, 0) is 23.0 Å². The highest BCUT2D eigenvalue weighted by Crippen LogP contribution is 2.35. The zero-order valence-corrected chi connectivity index (χ0v) is 14.8. The number of halogens is 1. The van der Waals surface area contributed by atoms with E-state index in [1.165, 1.54) is 0 Å². The predicted octanol–water partition coefficient (Wildman–Crippen LogP) is -0.184. The smallest absolute Gasteiger partial charge is 0.314 e. The van der Waals surface area contributed by atoms with Crippen LogP contribution in [0.15, 0.2) is 18.2 Å². The molecule has 0 radical (unpaired) electrons. The number of quaternary nitrogens is 1. The first-order valence-corrected chi connectivity index (χ1v) is 8.16. The van der Waals surface area contributed by atoms with Gasteiger partial charge in [0.1, 0.15) is 5.75 Å². The molecule has 1 saturated heterocycles. The highest BCUT2D eigenvalue weighted by molar-refractivity contribution is 5.76. The summed E-state index contributed by atoms with van der Waals surface area (Å²) < 4.78 is 5.89. The molecule has 0 unspecified atom stereocenters. The van der Waals surface area contributed by atoms with Crippen molar-refractivity contribution in [3.05, 3.63) is 29.3 Å². The van der Waals surface area contributed by atoms with Gasteiger partial charge in [0.2, 0.25) is 0 Å². The van der Waals surface area contributed by atoms with Gasteiger partial charge in [0, 0.05) is 12.8 Å². The minimum Gasteiger partial charge on any atom is -1.00 e. The largest absolute Gasteiger partial charge is 1.00 e. The van der Waals surface area contributed by atoms with Crippen LogP contribution in [-0.2, 0) is 4.79 Å². The number of ether oxygens (including phenoxy) is 1. The lowest BCUT2D eigenvalue weighted by molar-refractivity contribution is -0.664. The van der Waals surface area contributed by atoms with Crippen LogP contribution in [0.4, 0.5) is 0 Å². The van der Waals surface area contributed by atoms with Crippen LogP contribution in [0.1, 0.15) is 63.5 Å². The molecule has 1 aromatic carbocycles. The Morgan fingerprint density at radius 1 is 1.09 bits per heavy atom. The summed E-state index contributed by atoms with van der Waals surface area (Å²) >= 11 is 0. The number of carbonyl (C=O) groups is 1. The third-order valence-electron chi connectivity index (χ3n) is 4.29. The molecule has 1 heterocycles. The lowest BCUT2D eigenvalue weighted by Crippen LogP contribution is -3.00. The van der Waals surface area contributed by atoms with Crippen molar-refractivity contribution >= 4 is 5.97 Å². The van der Waals surface area contributed by atoms with Gasteiger partial charge in [0.15, 0.2) is 0 Å². The first-order valence-electron chi connectivity index (χ1n) is 8.16. The van der Waals surface area contributed by atoms with Crippen LogP contribution in [-0.4, -0.2) is 19.1 Å². The Labute approximate surface area is 140 Å². The van der Waals surface area contributed by atoms with E-state index in [1.54, 1.807) is 0 Å². The maximum atomic E-state index is 12.5. The molecule has 0 saturated carbocycles. The van der Waals surface area contributed by atoms with Gasteiger partial charge in [-0.3, -0.25) is 4.79 Å². The van der Waals surface area contributed by atoms with Crippen molar-refractivity contribution in [2.75, 3.05) is 13.1 Å². The number of para-hydroxylation sites is 1. The maximum absolute atomic E-state index is 12.5. The van der Waals surface area contributed by atoms with Gasteiger partial charge in [-0.15, -0.1) is 0 Å². The molecule has 1 aliphatic heterocycles. The SMILES string of the molecule is CC(C)c1cccc(C(C)C)c1OC(=O)C1CC[NH2+]CC1.[Cl-]. The minimum absolute atomic E-state index is 0. The van der Waals surface area contributed by atoms with E-state index in [1.807, 2.05) is 0 Å². The van der Waals surface area contributed by atoms with Crippen LogP contribution in [0.5, 0.6) is 5.75 Å². The first-order chi connectivity index (χ1) is 10.0. The number of rotatable bonds is 4. The topological polar surface area (TPSA) is 42.9 Å². The van der Waals surface area contributed by atoms with Gasteiger partial charge in [0.25, 0.3) is 0 Å². The molecule has 1 fully saturated rings. The van der Waals surface area contributed by atoms with Crippen LogP contribution < -0.4 is 22.5 Å². The fourth-order valence-corrected chi connectivity index (χ4v) is 2.95. The second-order valence-corrected chi connectivity index (χ2v) is 6.64. The lowest BCUT2D eigenvalue weighted by atomic mass is 9.93. The fourth-order valence-electron chi connectivity index (χ4n) is 2.95. The summed E-state index contributed by atoms with van der Waals surface area (Å²) in [7, 11) is 0. The van der Waals surface area contributed by atoms with E-state index >= 15 is 0 Å². The van der Waals surface area contributed by atoms with Crippen molar-refractivity contribution in [1.29, 1.82) is 0 Å². The zero-order chi connectivity index (χ0) is 15.4. The molecule has 0 amide bonds. The average molecular weight is 326 g/mol. The number of hydrogen-bond acceptors (Lipinski definition) is 2. The highest BCUT2D eigenvalue weighted by Gasteiger charge is 2.27. The van der Waals surface area contributed by atoms with E-state index in [0.717, 1.165) is 42.8 Å². The Balaban J connectivity index is 0.00000242. The summed E-state index contributed by atoms with van der Waals surface area (Å²) in [5.74, 6) is 1.53. The van der Waals surface area contributed by atoms with Crippen molar-refractivity contribution in [3.8, 4) is 5.75 Å². The summed E-state index contributed by atoms with van der Waals surface area (Å²) in [4.78, 5) is 12.5. The molecule has 22 heavy (non-hydrogen) atoms. The molecule has 0 aliphatic carbocycles.